The molecule has 31 heavy (non-hydrogen) atoms. The van der Waals surface area contributed by atoms with Crippen LogP contribution in [-0.4, -0.2) is 5.78 Å². The highest BCUT2D eigenvalue weighted by atomic mass is 16.5. The van der Waals surface area contributed by atoms with E-state index >= 15 is 0 Å². The Hall–Kier alpha value is -2.87. The molecule has 0 spiro atoms. The van der Waals surface area contributed by atoms with Crippen molar-refractivity contribution in [3.05, 3.63) is 88.5 Å². The zero-order valence-corrected chi connectivity index (χ0v) is 18.5. The first kappa shape index (κ1) is 20.1. The van der Waals surface area contributed by atoms with Gasteiger partial charge in [0.05, 0.1) is 0 Å². The Labute approximate surface area is 185 Å². The molecule has 0 saturated heterocycles. The second-order valence-corrected chi connectivity index (χ2v) is 9.23. The normalized spacial score (nSPS) is 18.4. The van der Waals surface area contributed by atoms with E-state index in [1.807, 2.05) is 6.07 Å². The van der Waals surface area contributed by atoms with Crippen LogP contribution in [0.2, 0.25) is 0 Å². The molecule has 158 valence electrons. The van der Waals surface area contributed by atoms with Gasteiger partial charge in [0.25, 0.3) is 0 Å². The average molecular weight is 411 g/mol. The van der Waals surface area contributed by atoms with Crippen molar-refractivity contribution < 1.29 is 9.53 Å². The summed E-state index contributed by atoms with van der Waals surface area (Å²) in [6.45, 7) is 4.70. The Morgan fingerprint density at radius 3 is 2.39 bits per heavy atom. The molecule has 5 rings (SSSR count). The van der Waals surface area contributed by atoms with E-state index in [9.17, 15) is 4.79 Å². The van der Waals surface area contributed by atoms with E-state index in [0.29, 0.717) is 18.3 Å². The average Bonchev–Trinajstić information content (AvgIpc) is 3.44. The molecule has 0 amide bonds. The first-order chi connectivity index (χ1) is 15.1. The van der Waals surface area contributed by atoms with Gasteiger partial charge in [0.15, 0.2) is 5.78 Å². The van der Waals surface area contributed by atoms with Crippen LogP contribution in [0.4, 0.5) is 0 Å². The van der Waals surface area contributed by atoms with Gasteiger partial charge in [-0.1, -0.05) is 61.4 Å². The van der Waals surface area contributed by atoms with E-state index < -0.39 is 0 Å². The summed E-state index contributed by atoms with van der Waals surface area (Å²) < 4.78 is 6.30. The zero-order valence-electron chi connectivity index (χ0n) is 18.5. The maximum atomic E-state index is 13.2. The van der Waals surface area contributed by atoms with Crippen LogP contribution in [0.15, 0.2) is 60.7 Å². The highest BCUT2D eigenvalue weighted by Gasteiger charge is 2.39. The Morgan fingerprint density at radius 2 is 1.61 bits per heavy atom. The van der Waals surface area contributed by atoms with Crippen molar-refractivity contribution in [3.8, 4) is 16.9 Å². The van der Waals surface area contributed by atoms with Crippen molar-refractivity contribution in [2.45, 2.75) is 52.6 Å². The third kappa shape index (κ3) is 3.80. The van der Waals surface area contributed by atoms with Gasteiger partial charge in [-0.25, -0.2) is 0 Å². The van der Waals surface area contributed by atoms with Crippen LogP contribution < -0.4 is 4.74 Å². The monoisotopic (exact) mass is 410 g/mol. The standard InChI is InChI=1S/C29H30O2/c1-19-20(2)28-25(16-26(29(28)30)23-12-6-7-13-23)17-27(19)31-18-21-9-8-14-24(15-21)22-10-4-3-5-11-22/h3-5,8-11,14-15,17,23,26H,6-7,12-13,16,18H2,1-2H3. The predicted octanol–water partition coefficient (Wildman–Crippen LogP) is 7.09. The smallest absolute Gasteiger partial charge is 0.167 e. The lowest BCUT2D eigenvalue weighted by molar-refractivity contribution is 0.0894. The van der Waals surface area contributed by atoms with Gasteiger partial charge in [-0.3, -0.25) is 4.79 Å². The molecule has 3 aromatic rings. The second kappa shape index (κ2) is 8.34. The summed E-state index contributed by atoms with van der Waals surface area (Å²) in [7, 11) is 0. The topological polar surface area (TPSA) is 26.3 Å². The molecule has 3 aromatic carbocycles. The lowest BCUT2D eigenvalue weighted by Crippen LogP contribution is -2.18. The van der Waals surface area contributed by atoms with E-state index in [0.717, 1.165) is 34.4 Å². The fraction of sp³-hybridized carbons (Fsp3) is 0.345. The van der Waals surface area contributed by atoms with Gasteiger partial charge < -0.3 is 4.74 Å². The predicted molar refractivity (Wildman–Crippen MR) is 126 cm³/mol. The molecule has 0 radical (unpaired) electrons. The minimum absolute atomic E-state index is 0.188. The van der Waals surface area contributed by atoms with Gasteiger partial charge in [-0.05, 0) is 84.5 Å². The van der Waals surface area contributed by atoms with Crippen molar-refractivity contribution in [2.24, 2.45) is 11.8 Å². The first-order valence-electron chi connectivity index (χ1n) is 11.6. The highest BCUT2D eigenvalue weighted by molar-refractivity contribution is 6.04. The van der Waals surface area contributed by atoms with Gasteiger partial charge in [-0.15, -0.1) is 0 Å². The molecule has 2 aliphatic carbocycles. The molecular formula is C29H30O2. The third-order valence-corrected chi connectivity index (χ3v) is 7.35. The number of hydrogen-bond acceptors (Lipinski definition) is 2. The van der Waals surface area contributed by atoms with Crippen LogP contribution in [0.1, 0.15) is 58.3 Å². The molecular weight excluding hydrogens is 380 g/mol. The van der Waals surface area contributed by atoms with Crippen molar-refractivity contribution in [1.82, 2.24) is 0 Å². The largest absolute Gasteiger partial charge is 0.489 e. The molecule has 0 aliphatic heterocycles. The number of fused-ring (bicyclic) bond motifs is 1. The second-order valence-electron chi connectivity index (χ2n) is 9.23. The summed E-state index contributed by atoms with van der Waals surface area (Å²) >= 11 is 0. The molecule has 2 aliphatic rings. The number of Topliss-reactive ketones (excluding diaryl/α,β-unsaturated/α-hetero) is 1. The molecule has 0 N–H and O–H groups in total. The number of hydrogen-bond donors (Lipinski definition) is 0. The molecule has 0 bridgehead atoms. The summed E-state index contributed by atoms with van der Waals surface area (Å²) in [4.78, 5) is 13.2. The Kier molecular flexibility index (Phi) is 5.40. The Morgan fingerprint density at radius 1 is 0.871 bits per heavy atom. The van der Waals surface area contributed by atoms with E-state index in [2.05, 4.69) is 68.4 Å². The lowest BCUT2D eigenvalue weighted by Gasteiger charge is -2.16. The molecule has 0 aromatic heterocycles. The SMILES string of the molecule is Cc1c(OCc2cccc(-c3ccccc3)c2)cc2c(c1C)C(=O)C(C1CCCC1)C2. The van der Waals surface area contributed by atoms with E-state index in [4.69, 9.17) is 4.74 Å². The molecule has 1 atom stereocenters. The summed E-state index contributed by atoms with van der Waals surface area (Å²) in [6, 6.07) is 21.1. The van der Waals surface area contributed by atoms with Crippen molar-refractivity contribution in [2.75, 3.05) is 0 Å². The Bertz CT molecular complexity index is 1110. The minimum Gasteiger partial charge on any atom is -0.489 e. The summed E-state index contributed by atoms with van der Waals surface area (Å²) in [5.41, 5.74) is 7.94. The molecule has 0 heterocycles. The number of ketones is 1. The fourth-order valence-corrected chi connectivity index (χ4v) is 5.49. The zero-order chi connectivity index (χ0) is 21.4. The van der Waals surface area contributed by atoms with Crippen molar-refractivity contribution in [1.29, 1.82) is 0 Å². The number of ether oxygens (including phenoxy) is 1. The van der Waals surface area contributed by atoms with E-state index in [1.165, 1.54) is 42.4 Å². The summed E-state index contributed by atoms with van der Waals surface area (Å²) in [6.07, 6.45) is 5.87. The lowest BCUT2D eigenvalue weighted by atomic mass is 9.87. The fourth-order valence-electron chi connectivity index (χ4n) is 5.49. The van der Waals surface area contributed by atoms with Gasteiger partial charge in [0.1, 0.15) is 12.4 Å². The van der Waals surface area contributed by atoms with Gasteiger partial charge in [0, 0.05) is 11.5 Å². The molecule has 1 unspecified atom stereocenters. The van der Waals surface area contributed by atoms with Crippen LogP contribution in [0.25, 0.3) is 11.1 Å². The maximum Gasteiger partial charge on any atom is 0.167 e. The van der Waals surface area contributed by atoms with Crippen LogP contribution in [0.5, 0.6) is 5.75 Å². The molecule has 1 saturated carbocycles. The minimum atomic E-state index is 0.188. The third-order valence-electron chi connectivity index (χ3n) is 7.35. The van der Waals surface area contributed by atoms with E-state index in [1.54, 1.807) is 0 Å². The number of carbonyl (C=O) groups is 1. The highest BCUT2D eigenvalue weighted by Crippen LogP contribution is 2.43. The van der Waals surface area contributed by atoms with Crippen LogP contribution >= 0.6 is 0 Å². The quantitative estimate of drug-likeness (QED) is 0.448. The maximum absolute atomic E-state index is 13.2. The Balaban J connectivity index is 1.36. The number of carbonyl (C=O) groups excluding carboxylic acids is 1. The van der Waals surface area contributed by atoms with Crippen molar-refractivity contribution in [3.63, 3.8) is 0 Å². The van der Waals surface area contributed by atoms with E-state index in [-0.39, 0.29) is 5.92 Å². The van der Waals surface area contributed by atoms with Gasteiger partial charge >= 0.3 is 0 Å². The number of rotatable bonds is 5. The van der Waals surface area contributed by atoms with Crippen LogP contribution in [-0.2, 0) is 13.0 Å². The van der Waals surface area contributed by atoms with Gasteiger partial charge in [0.2, 0.25) is 0 Å². The van der Waals surface area contributed by atoms with Gasteiger partial charge in [-0.2, -0.15) is 0 Å². The molecule has 1 fully saturated rings. The summed E-state index contributed by atoms with van der Waals surface area (Å²) in [5.74, 6) is 2.06. The number of benzene rings is 3. The van der Waals surface area contributed by atoms with Crippen LogP contribution in [0.3, 0.4) is 0 Å². The van der Waals surface area contributed by atoms with Crippen molar-refractivity contribution >= 4 is 5.78 Å². The molecule has 2 nitrogen and oxygen atoms in total. The summed E-state index contributed by atoms with van der Waals surface area (Å²) in [5, 5.41) is 0. The first-order valence-corrected chi connectivity index (χ1v) is 11.6. The van der Waals surface area contributed by atoms with Crippen LogP contribution in [0, 0.1) is 25.7 Å². The molecule has 2 heteroatoms.